The number of hydrogen-bond donors (Lipinski definition) is 0. The molecule has 19 heavy (non-hydrogen) atoms. The molecular formula is C16H30N2O. The summed E-state index contributed by atoms with van der Waals surface area (Å²) < 4.78 is 0. The first-order chi connectivity index (χ1) is 9.09. The summed E-state index contributed by atoms with van der Waals surface area (Å²) in [4.78, 5) is 17.4. The molecule has 0 aromatic carbocycles. The van der Waals surface area contributed by atoms with Crippen molar-refractivity contribution in [3.8, 4) is 0 Å². The van der Waals surface area contributed by atoms with Crippen molar-refractivity contribution in [2.45, 2.75) is 71.4 Å². The van der Waals surface area contributed by atoms with E-state index >= 15 is 0 Å². The highest BCUT2D eigenvalue weighted by molar-refractivity contribution is 5.82. The van der Waals surface area contributed by atoms with Gasteiger partial charge in [0, 0.05) is 19.1 Å². The standard InChI is InChI=1S/C16H30N2O/c1-13(2)18-11-5-4-8-15(18)16(19)17-10-6-7-14(3)9-12-17/h13-15H,4-12H2,1-3H3. The van der Waals surface area contributed by atoms with Gasteiger partial charge in [-0.25, -0.2) is 0 Å². The number of hydrogen-bond acceptors (Lipinski definition) is 2. The number of carbonyl (C=O) groups is 1. The van der Waals surface area contributed by atoms with E-state index in [-0.39, 0.29) is 6.04 Å². The molecule has 3 heteroatoms. The molecule has 0 saturated carbocycles. The zero-order chi connectivity index (χ0) is 13.8. The van der Waals surface area contributed by atoms with Gasteiger partial charge in [-0.1, -0.05) is 13.3 Å². The van der Waals surface area contributed by atoms with E-state index in [2.05, 4.69) is 30.6 Å². The van der Waals surface area contributed by atoms with E-state index in [1.165, 1.54) is 32.1 Å². The molecule has 2 atom stereocenters. The molecular weight excluding hydrogens is 236 g/mol. The molecule has 2 unspecified atom stereocenters. The Morgan fingerprint density at radius 1 is 1.00 bits per heavy atom. The van der Waals surface area contributed by atoms with Crippen molar-refractivity contribution in [3.05, 3.63) is 0 Å². The van der Waals surface area contributed by atoms with Crippen LogP contribution in [0.15, 0.2) is 0 Å². The molecule has 2 rings (SSSR count). The summed E-state index contributed by atoms with van der Waals surface area (Å²) >= 11 is 0. The Kier molecular flexibility index (Phi) is 5.26. The van der Waals surface area contributed by atoms with Crippen LogP contribution in [0, 0.1) is 5.92 Å². The third-order valence-electron chi connectivity index (χ3n) is 4.82. The van der Waals surface area contributed by atoms with Crippen molar-refractivity contribution in [1.29, 1.82) is 0 Å². The molecule has 2 saturated heterocycles. The summed E-state index contributed by atoms with van der Waals surface area (Å²) in [6, 6.07) is 0.641. The fourth-order valence-electron chi connectivity index (χ4n) is 3.53. The van der Waals surface area contributed by atoms with Gasteiger partial charge in [0.2, 0.25) is 5.91 Å². The molecule has 0 aromatic heterocycles. The largest absolute Gasteiger partial charge is 0.341 e. The molecule has 0 spiro atoms. The van der Waals surface area contributed by atoms with E-state index in [4.69, 9.17) is 0 Å². The number of amides is 1. The Morgan fingerprint density at radius 3 is 2.53 bits per heavy atom. The molecule has 2 heterocycles. The molecule has 2 aliphatic heterocycles. The van der Waals surface area contributed by atoms with E-state index in [9.17, 15) is 4.79 Å². The highest BCUT2D eigenvalue weighted by Gasteiger charge is 2.33. The molecule has 0 aromatic rings. The summed E-state index contributed by atoms with van der Waals surface area (Å²) in [5.41, 5.74) is 0. The first kappa shape index (κ1) is 14.8. The van der Waals surface area contributed by atoms with E-state index in [1.807, 2.05) is 0 Å². The van der Waals surface area contributed by atoms with E-state index in [1.54, 1.807) is 0 Å². The zero-order valence-corrected chi connectivity index (χ0v) is 12.9. The predicted octanol–water partition coefficient (Wildman–Crippen LogP) is 2.90. The van der Waals surface area contributed by atoms with Crippen LogP contribution in [0.2, 0.25) is 0 Å². The lowest BCUT2D eigenvalue weighted by Gasteiger charge is -2.39. The predicted molar refractivity (Wildman–Crippen MR) is 79.1 cm³/mol. The molecule has 2 aliphatic rings. The monoisotopic (exact) mass is 266 g/mol. The van der Waals surface area contributed by atoms with Crippen LogP contribution in [0.5, 0.6) is 0 Å². The first-order valence-electron chi connectivity index (χ1n) is 8.14. The van der Waals surface area contributed by atoms with E-state index < -0.39 is 0 Å². The van der Waals surface area contributed by atoms with Gasteiger partial charge in [0.05, 0.1) is 6.04 Å². The van der Waals surface area contributed by atoms with Gasteiger partial charge in [0.15, 0.2) is 0 Å². The van der Waals surface area contributed by atoms with Crippen LogP contribution in [-0.2, 0) is 4.79 Å². The fourth-order valence-corrected chi connectivity index (χ4v) is 3.53. The van der Waals surface area contributed by atoms with Crippen molar-refractivity contribution >= 4 is 5.91 Å². The minimum atomic E-state index is 0.155. The lowest BCUT2D eigenvalue weighted by Crippen LogP contribution is -2.53. The van der Waals surface area contributed by atoms with Gasteiger partial charge in [-0.2, -0.15) is 0 Å². The lowest BCUT2D eigenvalue weighted by molar-refractivity contribution is -0.139. The number of piperidine rings is 1. The highest BCUT2D eigenvalue weighted by Crippen LogP contribution is 2.23. The fraction of sp³-hybridized carbons (Fsp3) is 0.938. The maximum Gasteiger partial charge on any atom is 0.239 e. The molecule has 0 bridgehead atoms. The second-order valence-corrected chi connectivity index (χ2v) is 6.70. The molecule has 0 aliphatic carbocycles. The van der Waals surface area contributed by atoms with Gasteiger partial charge >= 0.3 is 0 Å². The smallest absolute Gasteiger partial charge is 0.239 e. The minimum absolute atomic E-state index is 0.155. The molecule has 110 valence electrons. The number of carbonyl (C=O) groups excluding carboxylic acids is 1. The summed E-state index contributed by atoms with van der Waals surface area (Å²) in [7, 11) is 0. The van der Waals surface area contributed by atoms with Crippen molar-refractivity contribution in [1.82, 2.24) is 9.80 Å². The van der Waals surface area contributed by atoms with Gasteiger partial charge in [-0.05, 0) is 58.4 Å². The molecule has 3 nitrogen and oxygen atoms in total. The van der Waals surface area contributed by atoms with Gasteiger partial charge in [-0.15, -0.1) is 0 Å². The summed E-state index contributed by atoms with van der Waals surface area (Å²) in [6.45, 7) is 9.80. The maximum atomic E-state index is 12.8. The van der Waals surface area contributed by atoms with E-state index in [0.29, 0.717) is 11.9 Å². The third-order valence-corrected chi connectivity index (χ3v) is 4.82. The van der Waals surface area contributed by atoms with Crippen LogP contribution in [0.1, 0.15) is 59.3 Å². The summed E-state index contributed by atoms with van der Waals surface area (Å²) in [6.07, 6.45) is 7.16. The number of rotatable bonds is 2. The third kappa shape index (κ3) is 3.71. The van der Waals surface area contributed by atoms with Crippen molar-refractivity contribution in [2.24, 2.45) is 5.92 Å². The van der Waals surface area contributed by atoms with Crippen molar-refractivity contribution in [2.75, 3.05) is 19.6 Å². The maximum absolute atomic E-state index is 12.8. The Bertz CT molecular complexity index is 303. The van der Waals surface area contributed by atoms with Crippen LogP contribution in [0.3, 0.4) is 0 Å². The normalized spacial score (nSPS) is 30.4. The van der Waals surface area contributed by atoms with Crippen LogP contribution in [-0.4, -0.2) is 47.4 Å². The van der Waals surface area contributed by atoms with Crippen LogP contribution in [0.4, 0.5) is 0 Å². The summed E-state index contributed by atoms with van der Waals surface area (Å²) in [5, 5.41) is 0. The van der Waals surface area contributed by atoms with Crippen molar-refractivity contribution < 1.29 is 4.79 Å². The Balaban J connectivity index is 2.00. The number of likely N-dealkylation sites (tertiary alicyclic amines) is 2. The molecule has 0 N–H and O–H groups in total. The number of nitrogens with zero attached hydrogens (tertiary/aromatic N) is 2. The topological polar surface area (TPSA) is 23.6 Å². The van der Waals surface area contributed by atoms with Crippen molar-refractivity contribution in [3.63, 3.8) is 0 Å². The van der Waals surface area contributed by atoms with Gasteiger partial charge in [0.1, 0.15) is 0 Å². The Morgan fingerprint density at radius 2 is 1.79 bits per heavy atom. The average molecular weight is 266 g/mol. The first-order valence-corrected chi connectivity index (χ1v) is 8.14. The lowest BCUT2D eigenvalue weighted by atomic mass is 9.99. The van der Waals surface area contributed by atoms with Gasteiger partial charge in [0.25, 0.3) is 0 Å². The Hall–Kier alpha value is -0.570. The molecule has 1 amide bonds. The van der Waals surface area contributed by atoms with Gasteiger partial charge < -0.3 is 4.90 Å². The van der Waals surface area contributed by atoms with Crippen LogP contribution < -0.4 is 0 Å². The minimum Gasteiger partial charge on any atom is -0.341 e. The SMILES string of the molecule is CC1CCCN(C(=O)C2CCCCN2C(C)C)CC1. The van der Waals surface area contributed by atoms with Crippen LogP contribution in [0.25, 0.3) is 0 Å². The second-order valence-electron chi connectivity index (χ2n) is 6.70. The van der Waals surface area contributed by atoms with E-state index in [0.717, 1.165) is 32.0 Å². The highest BCUT2D eigenvalue weighted by atomic mass is 16.2. The second kappa shape index (κ2) is 6.74. The average Bonchev–Trinajstić information content (AvgIpc) is 2.62. The molecule has 2 fully saturated rings. The summed E-state index contributed by atoms with van der Waals surface area (Å²) in [5.74, 6) is 1.19. The zero-order valence-electron chi connectivity index (χ0n) is 12.9. The quantitative estimate of drug-likeness (QED) is 0.767. The Labute approximate surface area is 118 Å². The van der Waals surface area contributed by atoms with Crippen LogP contribution >= 0.6 is 0 Å². The molecule has 0 radical (unpaired) electrons. The van der Waals surface area contributed by atoms with Gasteiger partial charge in [-0.3, -0.25) is 9.69 Å².